The van der Waals surface area contributed by atoms with Gasteiger partial charge in [0.15, 0.2) is 0 Å². The summed E-state index contributed by atoms with van der Waals surface area (Å²) in [4.78, 5) is 11.6. The van der Waals surface area contributed by atoms with Crippen molar-refractivity contribution in [3.63, 3.8) is 0 Å². The quantitative estimate of drug-likeness (QED) is 0.641. The number of carbonyl (C=O) groups is 1. The van der Waals surface area contributed by atoms with E-state index in [2.05, 4.69) is 5.32 Å². The lowest BCUT2D eigenvalue weighted by Crippen LogP contribution is -2.24. The molecule has 16 heavy (non-hydrogen) atoms. The molecule has 0 radical (unpaired) electrons. The number of alkyl halides is 1. The van der Waals surface area contributed by atoms with E-state index >= 15 is 0 Å². The van der Waals surface area contributed by atoms with E-state index in [0.717, 1.165) is 12.8 Å². The van der Waals surface area contributed by atoms with Gasteiger partial charge in [-0.15, -0.1) is 22.9 Å². The predicted molar refractivity (Wildman–Crippen MR) is 71.2 cm³/mol. The summed E-state index contributed by atoms with van der Waals surface area (Å²) < 4.78 is 0.942. The maximum atomic E-state index is 11.6. The maximum Gasteiger partial charge on any atom is 0.253 e. The summed E-state index contributed by atoms with van der Waals surface area (Å²) in [6.07, 6.45) is 1.73. The molecule has 0 aromatic carbocycles. The van der Waals surface area contributed by atoms with Gasteiger partial charge in [0.25, 0.3) is 5.91 Å². The van der Waals surface area contributed by atoms with Crippen LogP contribution in [0.5, 0.6) is 0 Å². The summed E-state index contributed by atoms with van der Waals surface area (Å²) in [6, 6.07) is 1.58. The summed E-state index contributed by atoms with van der Waals surface area (Å²) >= 11 is 18.6. The van der Waals surface area contributed by atoms with Crippen molar-refractivity contribution in [2.24, 2.45) is 0 Å². The van der Waals surface area contributed by atoms with Gasteiger partial charge in [-0.3, -0.25) is 4.79 Å². The van der Waals surface area contributed by atoms with Crippen LogP contribution < -0.4 is 5.32 Å². The Labute approximate surface area is 114 Å². The number of nitrogens with one attached hydrogen (secondary N) is 1. The number of thiophene rings is 1. The topological polar surface area (TPSA) is 29.1 Å². The van der Waals surface area contributed by atoms with Gasteiger partial charge in [0.2, 0.25) is 0 Å². The zero-order valence-corrected chi connectivity index (χ0v) is 11.8. The van der Waals surface area contributed by atoms with Crippen LogP contribution in [0, 0.1) is 0 Å². The van der Waals surface area contributed by atoms with Crippen molar-refractivity contribution in [3.8, 4) is 0 Å². The first kappa shape index (κ1) is 14.1. The number of hydrogen-bond acceptors (Lipinski definition) is 2. The van der Waals surface area contributed by atoms with E-state index in [1.165, 1.54) is 11.3 Å². The van der Waals surface area contributed by atoms with Crippen LogP contribution in [0.1, 0.15) is 30.1 Å². The zero-order valence-electron chi connectivity index (χ0n) is 8.73. The lowest BCUT2D eigenvalue weighted by atomic mass is 10.2. The van der Waals surface area contributed by atoms with E-state index in [9.17, 15) is 4.79 Å². The van der Waals surface area contributed by atoms with Crippen molar-refractivity contribution >= 4 is 52.0 Å². The van der Waals surface area contributed by atoms with Gasteiger partial charge in [0.1, 0.15) is 4.34 Å². The Hall–Kier alpha value is 0.0400. The molecule has 1 aromatic rings. The predicted octanol–water partition coefficient (Wildman–Crippen LogP) is 4.19. The van der Waals surface area contributed by atoms with Crippen LogP contribution in [-0.4, -0.2) is 17.8 Å². The Kier molecular flexibility index (Phi) is 5.90. The van der Waals surface area contributed by atoms with Crippen molar-refractivity contribution in [3.05, 3.63) is 20.3 Å². The summed E-state index contributed by atoms with van der Waals surface area (Å²) in [6.45, 7) is 2.53. The molecule has 0 spiro atoms. The minimum atomic E-state index is -0.185. The normalized spacial score (nSPS) is 12.5. The smallest absolute Gasteiger partial charge is 0.253 e. The van der Waals surface area contributed by atoms with E-state index in [1.807, 2.05) is 6.92 Å². The van der Waals surface area contributed by atoms with Gasteiger partial charge >= 0.3 is 0 Å². The lowest BCUT2D eigenvalue weighted by molar-refractivity contribution is 0.0953. The maximum absolute atomic E-state index is 11.6. The van der Waals surface area contributed by atoms with Gasteiger partial charge in [-0.2, -0.15) is 0 Å². The van der Waals surface area contributed by atoms with Crippen LogP contribution >= 0.6 is 46.1 Å². The molecule has 1 N–H and O–H groups in total. The second-order valence-corrected chi connectivity index (χ2v) is 6.45. The second-order valence-electron chi connectivity index (χ2n) is 3.42. The van der Waals surface area contributed by atoms with Crippen LogP contribution in [-0.2, 0) is 0 Å². The van der Waals surface area contributed by atoms with Gasteiger partial charge in [-0.1, -0.05) is 23.2 Å². The molecule has 0 aliphatic carbocycles. The molecule has 90 valence electrons. The average molecular weight is 301 g/mol. The van der Waals surface area contributed by atoms with Crippen molar-refractivity contribution in [1.29, 1.82) is 0 Å². The fraction of sp³-hybridized carbons (Fsp3) is 0.500. The number of halogens is 3. The van der Waals surface area contributed by atoms with Crippen LogP contribution in [0.2, 0.25) is 8.67 Å². The highest BCUT2D eigenvalue weighted by molar-refractivity contribution is 7.20. The van der Waals surface area contributed by atoms with Gasteiger partial charge in [-0.25, -0.2) is 0 Å². The Balaban J connectivity index is 2.38. The van der Waals surface area contributed by atoms with Crippen molar-refractivity contribution in [1.82, 2.24) is 5.32 Å². The van der Waals surface area contributed by atoms with Gasteiger partial charge < -0.3 is 5.32 Å². The molecular formula is C10H12Cl3NOS. The molecular weight excluding hydrogens is 289 g/mol. The van der Waals surface area contributed by atoms with E-state index in [4.69, 9.17) is 34.8 Å². The first-order valence-electron chi connectivity index (χ1n) is 4.88. The molecule has 6 heteroatoms. The third-order valence-corrected chi connectivity index (χ3v) is 3.67. The molecule has 0 aliphatic rings. The molecule has 1 rings (SSSR count). The third kappa shape index (κ3) is 4.50. The van der Waals surface area contributed by atoms with E-state index in [1.54, 1.807) is 6.07 Å². The Morgan fingerprint density at radius 3 is 2.75 bits per heavy atom. The molecule has 1 aromatic heterocycles. The molecule has 0 aliphatic heterocycles. The first-order valence-corrected chi connectivity index (χ1v) is 6.88. The monoisotopic (exact) mass is 299 g/mol. The highest BCUT2D eigenvalue weighted by Crippen LogP contribution is 2.30. The molecule has 0 saturated heterocycles. The molecule has 1 atom stereocenters. The fourth-order valence-electron chi connectivity index (χ4n) is 1.18. The zero-order chi connectivity index (χ0) is 12.1. The minimum absolute atomic E-state index is 0.135. The van der Waals surface area contributed by atoms with Crippen molar-refractivity contribution in [2.75, 3.05) is 6.54 Å². The van der Waals surface area contributed by atoms with E-state index in [-0.39, 0.29) is 11.3 Å². The lowest BCUT2D eigenvalue weighted by Gasteiger charge is -2.05. The third-order valence-electron chi connectivity index (χ3n) is 1.97. The summed E-state index contributed by atoms with van der Waals surface area (Å²) in [5, 5.41) is 2.91. The van der Waals surface area contributed by atoms with Crippen LogP contribution in [0.15, 0.2) is 6.07 Å². The summed E-state index contributed by atoms with van der Waals surface area (Å²) in [7, 11) is 0. The molecule has 0 bridgehead atoms. The molecule has 2 nitrogen and oxygen atoms in total. The van der Waals surface area contributed by atoms with Crippen molar-refractivity contribution in [2.45, 2.75) is 25.1 Å². The van der Waals surface area contributed by atoms with E-state index in [0.29, 0.717) is 20.8 Å². The second kappa shape index (κ2) is 6.70. The Bertz CT molecular complexity index is 365. The molecule has 0 fully saturated rings. The average Bonchev–Trinajstić information content (AvgIpc) is 2.52. The van der Waals surface area contributed by atoms with Crippen LogP contribution in [0.25, 0.3) is 0 Å². The fourth-order valence-corrected chi connectivity index (χ4v) is 2.79. The Morgan fingerprint density at radius 2 is 2.25 bits per heavy atom. The number of rotatable bonds is 5. The van der Waals surface area contributed by atoms with Gasteiger partial charge in [0.05, 0.1) is 9.90 Å². The largest absolute Gasteiger partial charge is 0.352 e. The number of carbonyl (C=O) groups excluding carboxylic acids is 1. The van der Waals surface area contributed by atoms with E-state index < -0.39 is 0 Å². The molecule has 0 saturated carbocycles. The van der Waals surface area contributed by atoms with Crippen LogP contribution in [0.4, 0.5) is 0 Å². The molecule has 1 amide bonds. The van der Waals surface area contributed by atoms with Gasteiger partial charge in [0, 0.05) is 11.9 Å². The van der Waals surface area contributed by atoms with Crippen molar-refractivity contribution < 1.29 is 4.79 Å². The summed E-state index contributed by atoms with van der Waals surface area (Å²) in [5.74, 6) is -0.185. The molecule has 1 heterocycles. The summed E-state index contributed by atoms with van der Waals surface area (Å²) in [5.41, 5.74) is 0.440. The minimum Gasteiger partial charge on any atom is -0.352 e. The highest BCUT2D eigenvalue weighted by Gasteiger charge is 2.13. The molecule has 1 unspecified atom stereocenters. The first-order chi connectivity index (χ1) is 7.50. The number of hydrogen-bond donors (Lipinski definition) is 1. The SMILES string of the molecule is CC(Cl)CCCNC(=O)c1cc(Cl)sc1Cl. The Morgan fingerprint density at radius 1 is 1.56 bits per heavy atom. The van der Waals surface area contributed by atoms with Crippen LogP contribution in [0.3, 0.4) is 0 Å². The highest BCUT2D eigenvalue weighted by atomic mass is 35.5. The standard InChI is InChI=1S/C10H12Cl3NOS/c1-6(11)3-2-4-14-10(15)7-5-8(12)16-9(7)13/h5-6H,2-4H2,1H3,(H,14,15). The number of amides is 1. The van der Waals surface area contributed by atoms with Gasteiger partial charge in [-0.05, 0) is 25.8 Å².